The molecule has 1 atom stereocenters. The molecule has 1 unspecified atom stereocenters. The Kier molecular flexibility index (Phi) is 22.5. The zero-order chi connectivity index (χ0) is 50.5. The average Bonchev–Trinajstić information content (AvgIpc) is 3.20. The molecule has 24 heteroatoms. The van der Waals surface area contributed by atoms with E-state index >= 15 is 0 Å². The molecule has 0 aliphatic carbocycles. The van der Waals surface area contributed by atoms with Crippen molar-refractivity contribution in [2.24, 2.45) is 0 Å². The number of ether oxygens (including phenoxy) is 5. The monoisotopic (exact) mass is 936 g/mol. The second-order valence-corrected chi connectivity index (χ2v) is 17.5. The average molecular weight is 937 g/mol. The number of esters is 3. The van der Waals surface area contributed by atoms with Crippen LogP contribution in [0.5, 0.6) is 0 Å². The van der Waals surface area contributed by atoms with Crippen LogP contribution in [0.3, 0.4) is 0 Å². The first-order valence-electron chi connectivity index (χ1n) is 20.5. The van der Waals surface area contributed by atoms with Crippen LogP contribution < -0.4 is 31.9 Å². The molecule has 24 nitrogen and oxygen atoms in total. The zero-order valence-electron chi connectivity index (χ0n) is 39.4. The molecule has 368 valence electrons. The summed E-state index contributed by atoms with van der Waals surface area (Å²) in [6.45, 7) is 8.19. The molecule has 0 fully saturated rings. The van der Waals surface area contributed by atoms with Gasteiger partial charge >= 0.3 is 30.1 Å². The quantitative estimate of drug-likeness (QED) is 0.0577. The summed E-state index contributed by atoms with van der Waals surface area (Å²) in [4.78, 5) is 142. The Balaban J connectivity index is 3.23. The van der Waals surface area contributed by atoms with Crippen molar-refractivity contribution in [3.63, 3.8) is 0 Å². The minimum atomic E-state index is -1.97. The first kappa shape index (κ1) is 57.0. The van der Waals surface area contributed by atoms with E-state index < -0.39 is 140 Å². The summed E-state index contributed by atoms with van der Waals surface area (Å²) in [5, 5.41) is 14.2. The second kappa shape index (κ2) is 26.1. The van der Waals surface area contributed by atoms with Crippen LogP contribution in [-0.2, 0) is 73.4 Å². The molecule has 8 amide bonds. The SMILES string of the molecule is COC(=O)CN(CC(=O)NC(C)(C)CC(C)(NC(=O)CN(CC(=O)OC)C(=O)CNC(=O)CNC(=O)OC(C)(C)C)C(=O)OCc1ccccc1)C(=O)CNC(=O)CNC(=O)OC(C)(C)C. The summed E-state index contributed by atoms with van der Waals surface area (Å²) in [7, 11) is 2.10. The van der Waals surface area contributed by atoms with Gasteiger partial charge in [-0.25, -0.2) is 14.4 Å². The number of rotatable bonds is 23. The van der Waals surface area contributed by atoms with Crippen LogP contribution in [-0.4, -0.2) is 164 Å². The van der Waals surface area contributed by atoms with Crippen molar-refractivity contribution < 1.29 is 76.4 Å². The third kappa shape index (κ3) is 24.2. The molecular formula is C42H64N8O16. The van der Waals surface area contributed by atoms with E-state index in [2.05, 4.69) is 41.4 Å². The molecule has 1 aromatic rings. The van der Waals surface area contributed by atoms with Gasteiger partial charge in [0.1, 0.15) is 62.6 Å². The van der Waals surface area contributed by atoms with Gasteiger partial charge in [-0.15, -0.1) is 0 Å². The molecule has 0 saturated carbocycles. The molecule has 6 N–H and O–H groups in total. The predicted molar refractivity (Wildman–Crippen MR) is 231 cm³/mol. The Labute approximate surface area is 383 Å². The van der Waals surface area contributed by atoms with Crippen LogP contribution >= 0.6 is 0 Å². The van der Waals surface area contributed by atoms with Crippen molar-refractivity contribution in [3.05, 3.63) is 35.9 Å². The van der Waals surface area contributed by atoms with Gasteiger partial charge in [0, 0.05) is 12.0 Å². The lowest BCUT2D eigenvalue weighted by molar-refractivity contribution is -0.156. The molecule has 1 aromatic carbocycles. The van der Waals surface area contributed by atoms with Crippen LogP contribution in [0.2, 0.25) is 0 Å². The van der Waals surface area contributed by atoms with Gasteiger partial charge in [0.15, 0.2) is 0 Å². The van der Waals surface area contributed by atoms with E-state index in [1.807, 2.05) is 0 Å². The Bertz CT molecular complexity index is 1910. The Hall–Kier alpha value is -7.01. The third-order valence-corrected chi connectivity index (χ3v) is 8.28. The van der Waals surface area contributed by atoms with Crippen molar-refractivity contribution in [2.75, 3.05) is 66.6 Å². The fourth-order valence-electron chi connectivity index (χ4n) is 5.62. The van der Waals surface area contributed by atoms with Gasteiger partial charge in [0.05, 0.1) is 27.3 Å². The molecule has 0 aliphatic heterocycles. The third-order valence-electron chi connectivity index (χ3n) is 8.28. The van der Waals surface area contributed by atoms with Crippen molar-refractivity contribution in [1.82, 2.24) is 41.7 Å². The molecule has 0 bridgehead atoms. The van der Waals surface area contributed by atoms with E-state index in [1.165, 1.54) is 20.8 Å². The van der Waals surface area contributed by atoms with E-state index in [9.17, 15) is 52.7 Å². The maximum absolute atomic E-state index is 13.9. The number of benzene rings is 1. The van der Waals surface area contributed by atoms with Crippen molar-refractivity contribution >= 4 is 65.5 Å². The first-order chi connectivity index (χ1) is 30.5. The van der Waals surface area contributed by atoms with Gasteiger partial charge in [-0.1, -0.05) is 30.3 Å². The summed E-state index contributed by atoms with van der Waals surface area (Å²) in [6, 6.07) is 8.54. The topological polar surface area (TPSA) is 313 Å². The van der Waals surface area contributed by atoms with E-state index in [0.717, 1.165) is 24.0 Å². The molecular weight excluding hydrogens is 873 g/mol. The van der Waals surface area contributed by atoms with E-state index in [0.29, 0.717) is 5.56 Å². The van der Waals surface area contributed by atoms with Gasteiger partial charge in [0.25, 0.3) is 0 Å². The first-order valence-corrected chi connectivity index (χ1v) is 20.5. The number of carbonyl (C=O) groups is 11. The lowest BCUT2D eigenvalue weighted by Crippen LogP contribution is -2.61. The number of hydrogen-bond acceptors (Lipinski definition) is 16. The van der Waals surface area contributed by atoms with Crippen LogP contribution in [0.25, 0.3) is 0 Å². The molecule has 66 heavy (non-hydrogen) atoms. The van der Waals surface area contributed by atoms with Gasteiger partial charge in [-0.2, -0.15) is 0 Å². The van der Waals surface area contributed by atoms with E-state index in [4.69, 9.17) is 14.2 Å². The molecule has 0 saturated heterocycles. The normalized spacial score (nSPS) is 12.0. The zero-order valence-corrected chi connectivity index (χ0v) is 39.4. The molecule has 0 spiro atoms. The highest BCUT2D eigenvalue weighted by molar-refractivity contribution is 5.94. The standard InChI is InChI=1S/C42H64N8O16/c1-39(2,3)65-37(60)45-17-28(51)43-19-32(55)49(23-34(57)62-10)21-30(53)47-41(7,8)26-42(9,36(59)64-25-27-15-13-12-14-16-27)48-31(54)22-50(24-35(58)63-11)33(56)20-44-29(52)18-46-38(61)66-40(4,5)6/h12-16H,17-26H2,1-11H3,(H,43,51)(H,44,52)(H,45,60)(H,46,61)(H,47,53)(H,48,54). The Morgan fingerprint density at radius 3 is 1.32 bits per heavy atom. The summed E-state index contributed by atoms with van der Waals surface area (Å²) in [6.07, 6.45) is -2.15. The number of alkyl carbamates (subject to hydrolysis) is 2. The fourth-order valence-corrected chi connectivity index (χ4v) is 5.62. The van der Waals surface area contributed by atoms with Gasteiger partial charge in [-0.05, 0) is 67.9 Å². The number of nitrogens with zero attached hydrogens (tertiary/aromatic N) is 2. The molecule has 0 aromatic heterocycles. The molecule has 0 heterocycles. The summed E-state index contributed by atoms with van der Waals surface area (Å²) < 4.78 is 25.0. The van der Waals surface area contributed by atoms with Crippen LogP contribution in [0.1, 0.15) is 74.3 Å². The van der Waals surface area contributed by atoms with E-state index in [-0.39, 0.29) is 13.0 Å². The number of hydrogen-bond donors (Lipinski definition) is 6. The minimum absolute atomic E-state index is 0.231. The maximum Gasteiger partial charge on any atom is 0.408 e. The van der Waals surface area contributed by atoms with Crippen LogP contribution in [0, 0.1) is 0 Å². The minimum Gasteiger partial charge on any atom is -0.468 e. The molecule has 1 rings (SSSR count). The van der Waals surface area contributed by atoms with Gasteiger partial charge in [-0.3, -0.25) is 38.4 Å². The highest BCUT2D eigenvalue weighted by Crippen LogP contribution is 2.23. The fraction of sp³-hybridized carbons (Fsp3) is 0.595. The van der Waals surface area contributed by atoms with Crippen molar-refractivity contribution in [3.8, 4) is 0 Å². The highest BCUT2D eigenvalue weighted by Gasteiger charge is 2.43. The Morgan fingerprint density at radius 1 is 0.515 bits per heavy atom. The summed E-state index contributed by atoms with van der Waals surface area (Å²) in [5.41, 5.74) is -4.45. The molecule has 0 aliphatic rings. The number of nitrogens with one attached hydrogen (secondary N) is 6. The summed E-state index contributed by atoms with van der Waals surface area (Å²) in [5.74, 6) is -8.03. The maximum atomic E-state index is 13.9. The van der Waals surface area contributed by atoms with Crippen molar-refractivity contribution in [2.45, 2.75) is 97.6 Å². The Morgan fingerprint density at radius 2 is 0.924 bits per heavy atom. The van der Waals surface area contributed by atoms with Crippen LogP contribution in [0.15, 0.2) is 30.3 Å². The smallest absolute Gasteiger partial charge is 0.408 e. The van der Waals surface area contributed by atoms with Gasteiger partial charge < -0.3 is 65.4 Å². The second-order valence-electron chi connectivity index (χ2n) is 17.5. The van der Waals surface area contributed by atoms with Gasteiger partial charge in [0.2, 0.25) is 35.4 Å². The van der Waals surface area contributed by atoms with E-state index in [1.54, 1.807) is 71.9 Å². The highest BCUT2D eigenvalue weighted by atomic mass is 16.6. The number of amides is 8. The number of carbonyl (C=O) groups excluding carboxylic acids is 11. The lowest BCUT2D eigenvalue weighted by Gasteiger charge is -2.37. The number of methoxy groups -OCH3 is 2. The van der Waals surface area contributed by atoms with Crippen LogP contribution in [0.4, 0.5) is 9.59 Å². The molecule has 0 radical (unpaired) electrons. The largest absolute Gasteiger partial charge is 0.468 e. The predicted octanol–water partition coefficient (Wildman–Crippen LogP) is -0.825. The lowest BCUT2D eigenvalue weighted by atomic mass is 9.85. The van der Waals surface area contributed by atoms with Crippen molar-refractivity contribution in [1.29, 1.82) is 0 Å². The summed E-state index contributed by atoms with van der Waals surface area (Å²) >= 11 is 0.